The Bertz CT molecular complexity index is 486. The van der Waals surface area contributed by atoms with Gasteiger partial charge in [0.05, 0.1) is 10.5 Å². The summed E-state index contributed by atoms with van der Waals surface area (Å²) in [6.07, 6.45) is 0. The van der Waals surface area contributed by atoms with Gasteiger partial charge in [-0.3, -0.25) is 19.7 Å². The molecule has 0 aliphatic rings. The molecule has 0 aliphatic carbocycles. The summed E-state index contributed by atoms with van der Waals surface area (Å²) in [7, 11) is 0. The van der Waals surface area contributed by atoms with Crippen molar-refractivity contribution < 1.29 is 19.6 Å². The van der Waals surface area contributed by atoms with Gasteiger partial charge >= 0.3 is 5.97 Å². The van der Waals surface area contributed by atoms with Crippen LogP contribution in [0.4, 0.5) is 11.4 Å². The van der Waals surface area contributed by atoms with Gasteiger partial charge in [-0.15, -0.1) is 0 Å². The maximum absolute atomic E-state index is 11.1. The van der Waals surface area contributed by atoms with Crippen LogP contribution in [0.1, 0.15) is 10.4 Å². The van der Waals surface area contributed by atoms with E-state index < -0.39 is 23.3 Å². The Morgan fingerprint density at radius 2 is 2.12 bits per heavy atom. The Labute approximate surface area is 95.2 Å². The number of nitro groups is 1. The number of nitrogens with one attached hydrogen (secondary N) is 1. The highest BCUT2D eigenvalue weighted by Crippen LogP contribution is 2.21. The summed E-state index contributed by atoms with van der Waals surface area (Å²) < 4.78 is 0. The number of hydrogen-bond donors (Lipinski definition) is 3. The number of primary amides is 1. The number of carbonyl (C=O) groups excluding carboxylic acids is 1. The smallest absolute Gasteiger partial charge is 0.322 e. The molecule has 0 fully saturated rings. The number of non-ortho nitro benzene ring substituents is 1. The fourth-order valence-electron chi connectivity index (χ4n) is 1.17. The van der Waals surface area contributed by atoms with E-state index >= 15 is 0 Å². The van der Waals surface area contributed by atoms with Crippen LogP contribution in [0.3, 0.4) is 0 Å². The SMILES string of the molecule is NC(=O)c1cc([N+](=O)[O-])ccc1NCC(=O)O. The van der Waals surface area contributed by atoms with Gasteiger partial charge in [-0.1, -0.05) is 0 Å². The molecule has 0 radical (unpaired) electrons. The number of carboxylic acid groups (broad SMARTS) is 1. The normalized spacial score (nSPS) is 9.65. The van der Waals surface area contributed by atoms with Crippen LogP contribution in [0.2, 0.25) is 0 Å². The van der Waals surface area contributed by atoms with E-state index in [0.717, 1.165) is 12.1 Å². The minimum Gasteiger partial charge on any atom is -0.480 e. The molecule has 1 amide bonds. The van der Waals surface area contributed by atoms with Crippen LogP contribution in [-0.2, 0) is 4.79 Å². The number of hydrogen-bond acceptors (Lipinski definition) is 5. The van der Waals surface area contributed by atoms with Gasteiger partial charge in [0.2, 0.25) is 0 Å². The summed E-state index contributed by atoms with van der Waals surface area (Å²) in [6.45, 7) is -0.419. The number of anilines is 1. The lowest BCUT2D eigenvalue weighted by Gasteiger charge is -2.07. The summed E-state index contributed by atoms with van der Waals surface area (Å²) in [5.74, 6) is -2.00. The first-order valence-electron chi connectivity index (χ1n) is 4.45. The predicted molar refractivity (Wildman–Crippen MR) is 57.7 cm³/mol. The number of amides is 1. The lowest BCUT2D eigenvalue weighted by atomic mass is 10.1. The largest absolute Gasteiger partial charge is 0.480 e. The quantitative estimate of drug-likeness (QED) is 0.495. The molecule has 1 rings (SSSR count). The van der Waals surface area contributed by atoms with Gasteiger partial charge in [0.1, 0.15) is 6.54 Å². The van der Waals surface area contributed by atoms with Gasteiger partial charge in [-0.25, -0.2) is 0 Å². The number of carbonyl (C=O) groups is 2. The molecule has 8 nitrogen and oxygen atoms in total. The monoisotopic (exact) mass is 239 g/mol. The summed E-state index contributed by atoms with van der Waals surface area (Å²) in [6, 6.07) is 3.38. The van der Waals surface area contributed by atoms with Crippen LogP contribution in [0.25, 0.3) is 0 Å². The highest BCUT2D eigenvalue weighted by atomic mass is 16.6. The zero-order valence-corrected chi connectivity index (χ0v) is 8.54. The summed E-state index contributed by atoms with van der Waals surface area (Å²) in [5, 5.41) is 21.4. The lowest BCUT2D eigenvalue weighted by Crippen LogP contribution is -2.18. The van der Waals surface area contributed by atoms with Crippen LogP contribution < -0.4 is 11.1 Å². The molecular formula is C9H9N3O5. The van der Waals surface area contributed by atoms with Crippen molar-refractivity contribution in [3.05, 3.63) is 33.9 Å². The van der Waals surface area contributed by atoms with Crippen molar-refractivity contribution in [3.63, 3.8) is 0 Å². The maximum Gasteiger partial charge on any atom is 0.322 e. The summed E-state index contributed by atoms with van der Waals surface area (Å²) in [5.41, 5.74) is 4.77. The fourth-order valence-corrected chi connectivity index (χ4v) is 1.17. The standard InChI is InChI=1S/C9H9N3O5/c10-9(15)6-3-5(12(16)17)1-2-7(6)11-4-8(13)14/h1-3,11H,4H2,(H2,10,15)(H,13,14). The third-order valence-electron chi connectivity index (χ3n) is 1.91. The van der Waals surface area contributed by atoms with E-state index in [1.807, 2.05) is 0 Å². The Morgan fingerprint density at radius 1 is 1.47 bits per heavy atom. The van der Waals surface area contributed by atoms with E-state index in [1.54, 1.807) is 0 Å². The van der Waals surface area contributed by atoms with Crippen molar-refractivity contribution in [1.29, 1.82) is 0 Å². The first-order valence-corrected chi connectivity index (χ1v) is 4.45. The Kier molecular flexibility index (Phi) is 3.60. The van der Waals surface area contributed by atoms with Gasteiger partial charge in [-0.05, 0) is 6.07 Å². The van der Waals surface area contributed by atoms with Crippen molar-refractivity contribution in [2.75, 3.05) is 11.9 Å². The second kappa shape index (κ2) is 4.92. The van der Waals surface area contributed by atoms with Gasteiger partial charge in [0, 0.05) is 17.8 Å². The molecule has 0 aliphatic heterocycles. The van der Waals surface area contributed by atoms with Gasteiger partial charge in [-0.2, -0.15) is 0 Å². The van der Waals surface area contributed by atoms with E-state index in [4.69, 9.17) is 10.8 Å². The Balaban J connectivity index is 3.08. The Morgan fingerprint density at radius 3 is 2.59 bits per heavy atom. The van der Waals surface area contributed by atoms with Crippen LogP contribution in [0.15, 0.2) is 18.2 Å². The Hall–Kier alpha value is -2.64. The number of aliphatic carboxylic acids is 1. The summed E-state index contributed by atoms with van der Waals surface area (Å²) in [4.78, 5) is 31.2. The maximum atomic E-state index is 11.1. The zero-order chi connectivity index (χ0) is 13.0. The minimum atomic E-state index is -1.13. The van der Waals surface area contributed by atoms with Crippen LogP contribution in [0, 0.1) is 10.1 Å². The number of benzene rings is 1. The molecule has 90 valence electrons. The highest BCUT2D eigenvalue weighted by Gasteiger charge is 2.14. The molecule has 1 aromatic rings. The molecule has 17 heavy (non-hydrogen) atoms. The lowest BCUT2D eigenvalue weighted by molar-refractivity contribution is -0.384. The van der Waals surface area contributed by atoms with Gasteiger partial charge in [0.15, 0.2) is 0 Å². The molecule has 0 aromatic heterocycles. The fraction of sp³-hybridized carbons (Fsp3) is 0.111. The molecule has 0 heterocycles. The van der Waals surface area contributed by atoms with Crippen LogP contribution >= 0.6 is 0 Å². The van der Waals surface area contributed by atoms with Crippen LogP contribution in [-0.4, -0.2) is 28.5 Å². The second-order valence-corrected chi connectivity index (χ2v) is 3.10. The summed E-state index contributed by atoms with van der Waals surface area (Å²) >= 11 is 0. The predicted octanol–water partition coefficient (Wildman–Crippen LogP) is 0.190. The first-order chi connectivity index (χ1) is 7.91. The molecule has 0 saturated carbocycles. The number of nitrogens with two attached hydrogens (primary N) is 1. The molecule has 0 unspecified atom stereocenters. The number of nitro benzene ring substituents is 1. The molecule has 0 bridgehead atoms. The minimum absolute atomic E-state index is 0.125. The molecular weight excluding hydrogens is 230 g/mol. The highest BCUT2D eigenvalue weighted by molar-refractivity contribution is 5.99. The third-order valence-corrected chi connectivity index (χ3v) is 1.91. The second-order valence-electron chi connectivity index (χ2n) is 3.10. The van der Waals surface area contributed by atoms with Crippen molar-refractivity contribution >= 4 is 23.3 Å². The van der Waals surface area contributed by atoms with Gasteiger partial charge in [0.25, 0.3) is 11.6 Å². The van der Waals surface area contributed by atoms with Crippen LogP contribution in [0.5, 0.6) is 0 Å². The first kappa shape index (κ1) is 12.4. The molecule has 0 saturated heterocycles. The van der Waals surface area contributed by atoms with E-state index in [9.17, 15) is 19.7 Å². The topological polar surface area (TPSA) is 136 Å². The van der Waals surface area contributed by atoms with Crippen molar-refractivity contribution in [1.82, 2.24) is 0 Å². The van der Waals surface area contributed by atoms with E-state index in [1.165, 1.54) is 6.07 Å². The van der Waals surface area contributed by atoms with E-state index in [2.05, 4.69) is 5.32 Å². The van der Waals surface area contributed by atoms with E-state index in [0.29, 0.717) is 0 Å². The third kappa shape index (κ3) is 3.16. The van der Waals surface area contributed by atoms with Crippen molar-refractivity contribution in [3.8, 4) is 0 Å². The molecule has 0 atom stereocenters. The molecule has 1 aromatic carbocycles. The average Bonchev–Trinajstić information content (AvgIpc) is 2.25. The van der Waals surface area contributed by atoms with Crippen molar-refractivity contribution in [2.24, 2.45) is 5.73 Å². The van der Waals surface area contributed by atoms with Crippen molar-refractivity contribution in [2.45, 2.75) is 0 Å². The van der Waals surface area contributed by atoms with E-state index in [-0.39, 0.29) is 16.9 Å². The molecule has 0 spiro atoms. The number of nitrogens with zero attached hydrogens (tertiary/aromatic N) is 1. The zero-order valence-electron chi connectivity index (χ0n) is 8.54. The number of rotatable bonds is 5. The average molecular weight is 239 g/mol. The number of carboxylic acids is 1. The van der Waals surface area contributed by atoms with Gasteiger partial charge < -0.3 is 16.2 Å². The molecule has 8 heteroatoms. The molecule has 4 N–H and O–H groups in total.